The van der Waals surface area contributed by atoms with Crippen molar-refractivity contribution in [2.45, 2.75) is 45.2 Å². The quantitative estimate of drug-likeness (QED) is 0.915. The first kappa shape index (κ1) is 13.2. The molecule has 1 aromatic heterocycles. The van der Waals surface area contributed by atoms with Crippen LogP contribution in [-0.2, 0) is 9.59 Å². The first-order valence-electron chi connectivity index (χ1n) is 7.10. The molecule has 1 aromatic rings. The van der Waals surface area contributed by atoms with Crippen LogP contribution in [0.5, 0.6) is 0 Å². The van der Waals surface area contributed by atoms with Crippen molar-refractivity contribution in [1.29, 1.82) is 0 Å². The number of hydrogen-bond donors (Lipinski definition) is 1. The number of nitrogens with zero attached hydrogens (tertiary/aromatic N) is 1. The predicted molar refractivity (Wildman–Crippen MR) is 72.8 cm³/mol. The Balaban J connectivity index is 1.88. The van der Waals surface area contributed by atoms with Gasteiger partial charge in [0.15, 0.2) is 0 Å². The monoisotopic (exact) mass is 276 g/mol. The standard InChI is InChI=1S/C15H20N2O3/c1-9-4-7-12(20-9)10(2)17-8-13(18)16-15(3,14(17)19)11-5-6-11/h4,7,10-11H,5-6,8H2,1-3H3,(H,16,18). The molecule has 20 heavy (non-hydrogen) atoms. The molecule has 1 N–H and O–H groups in total. The fraction of sp³-hybridized carbons (Fsp3) is 0.600. The fourth-order valence-electron chi connectivity index (χ4n) is 2.99. The average molecular weight is 276 g/mol. The van der Waals surface area contributed by atoms with Gasteiger partial charge in [-0.15, -0.1) is 0 Å². The van der Waals surface area contributed by atoms with Crippen LogP contribution in [0.3, 0.4) is 0 Å². The van der Waals surface area contributed by atoms with E-state index in [0.717, 1.165) is 24.4 Å². The van der Waals surface area contributed by atoms with Gasteiger partial charge < -0.3 is 14.6 Å². The van der Waals surface area contributed by atoms with E-state index in [-0.39, 0.29) is 30.3 Å². The van der Waals surface area contributed by atoms with Gasteiger partial charge in [-0.2, -0.15) is 0 Å². The summed E-state index contributed by atoms with van der Waals surface area (Å²) in [6.45, 7) is 5.72. The third-order valence-corrected chi connectivity index (χ3v) is 4.45. The number of nitrogens with one attached hydrogen (secondary N) is 1. The van der Waals surface area contributed by atoms with Gasteiger partial charge in [0.1, 0.15) is 23.6 Å². The Bertz CT molecular complexity index is 561. The Morgan fingerprint density at radius 2 is 2.10 bits per heavy atom. The van der Waals surface area contributed by atoms with Crippen molar-refractivity contribution < 1.29 is 14.0 Å². The minimum Gasteiger partial charge on any atom is -0.464 e. The molecule has 2 heterocycles. The van der Waals surface area contributed by atoms with Crippen LogP contribution in [0.2, 0.25) is 0 Å². The average Bonchev–Trinajstić information content (AvgIpc) is 3.16. The van der Waals surface area contributed by atoms with Gasteiger partial charge in [0.25, 0.3) is 0 Å². The summed E-state index contributed by atoms with van der Waals surface area (Å²) in [4.78, 5) is 26.4. The van der Waals surface area contributed by atoms with Gasteiger partial charge in [-0.1, -0.05) is 0 Å². The Morgan fingerprint density at radius 1 is 1.40 bits per heavy atom. The molecule has 1 saturated carbocycles. The van der Waals surface area contributed by atoms with Crippen LogP contribution in [0.25, 0.3) is 0 Å². The molecule has 0 radical (unpaired) electrons. The Morgan fingerprint density at radius 3 is 2.65 bits per heavy atom. The molecule has 0 spiro atoms. The smallest absolute Gasteiger partial charge is 0.249 e. The van der Waals surface area contributed by atoms with Crippen molar-refractivity contribution in [3.8, 4) is 0 Å². The molecular weight excluding hydrogens is 256 g/mol. The third-order valence-electron chi connectivity index (χ3n) is 4.45. The maximum absolute atomic E-state index is 12.8. The van der Waals surface area contributed by atoms with E-state index in [9.17, 15) is 9.59 Å². The van der Waals surface area contributed by atoms with Crippen molar-refractivity contribution in [3.63, 3.8) is 0 Å². The summed E-state index contributed by atoms with van der Waals surface area (Å²) in [5.74, 6) is 1.72. The summed E-state index contributed by atoms with van der Waals surface area (Å²) in [7, 11) is 0. The highest BCUT2D eigenvalue weighted by Crippen LogP contribution is 2.42. The lowest BCUT2D eigenvalue weighted by Crippen LogP contribution is -2.66. The lowest BCUT2D eigenvalue weighted by molar-refractivity contribution is -0.152. The zero-order chi connectivity index (χ0) is 14.5. The van der Waals surface area contributed by atoms with E-state index in [1.165, 1.54) is 0 Å². The van der Waals surface area contributed by atoms with Crippen LogP contribution >= 0.6 is 0 Å². The molecule has 2 aliphatic rings. The Kier molecular flexibility index (Phi) is 2.88. The van der Waals surface area contributed by atoms with Gasteiger partial charge in [-0.05, 0) is 51.7 Å². The highest BCUT2D eigenvalue weighted by atomic mass is 16.3. The topological polar surface area (TPSA) is 62.6 Å². The van der Waals surface area contributed by atoms with E-state index in [4.69, 9.17) is 4.42 Å². The third kappa shape index (κ3) is 2.01. The highest BCUT2D eigenvalue weighted by Gasteiger charge is 2.53. The number of amides is 2. The minimum atomic E-state index is -0.745. The molecule has 3 rings (SSSR count). The maximum Gasteiger partial charge on any atom is 0.249 e. The highest BCUT2D eigenvalue weighted by molar-refractivity contribution is 5.98. The van der Waals surface area contributed by atoms with Crippen LogP contribution in [0.15, 0.2) is 16.5 Å². The molecule has 5 nitrogen and oxygen atoms in total. The number of rotatable bonds is 3. The molecule has 1 aliphatic heterocycles. The maximum atomic E-state index is 12.8. The molecule has 1 aliphatic carbocycles. The van der Waals surface area contributed by atoms with Crippen LogP contribution < -0.4 is 5.32 Å². The molecule has 2 unspecified atom stereocenters. The summed E-state index contributed by atoms with van der Waals surface area (Å²) >= 11 is 0. The normalized spacial score (nSPS) is 28.4. The predicted octanol–water partition coefficient (Wildman–Crippen LogP) is 1.78. The zero-order valence-corrected chi connectivity index (χ0v) is 12.1. The fourth-order valence-corrected chi connectivity index (χ4v) is 2.99. The van der Waals surface area contributed by atoms with Crippen molar-refractivity contribution in [2.24, 2.45) is 5.92 Å². The van der Waals surface area contributed by atoms with Gasteiger partial charge >= 0.3 is 0 Å². The van der Waals surface area contributed by atoms with Crippen molar-refractivity contribution in [2.75, 3.05) is 6.54 Å². The molecule has 5 heteroatoms. The summed E-state index contributed by atoms with van der Waals surface area (Å²) in [5.41, 5.74) is -0.745. The summed E-state index contributed by atoms with van der Waals surface area (Å²) in [6, 6.07) is 3.52. The van der Waals surface area contributed by atoms with E-state index in [1.807, 2.05) is 32.9 Å². The molecular formula is C15H20N2O3. The molecule has 2 fully saturated rings. The Labute approximate surface area is 118 Å². The van der Waals surface area contributed by atoms with E-state index in [2.05, 4.69) is 5.32 Å². The second-order valence-corrected chi connectivity index (χ2v) is 6.08. The summed E-state index contributed by atoms with van der Waals surface area (Å²) in [5, 5.41) is 2.89. The summed E-state index contributed by atoms with van der Waals surface area (Å²) < 4.78 is 5.60. The molecule has 0 aromatic carbocycles. The molecule has 2 amide bonds. The first-order valence-corrected chi connectivity index (χ1v) is 7.10. The van der Waals surface area contributed by atoms with Gasteiger partial charge in [-0.3, -0.25) is 9.59 Å². The van der Waals surface area contributed by atoms with Crippen molar-refractivity contribution in [1.82, 2.24) is 10.2 Å². The van der Waals surface area contributed by atoms with Crippen molar-refractivity contribution >= 4 is 11.8 Å². The molecule has 108 valence electrons. The minimum absolute atomic E-state index is 0.00107. The van der Waals surface area contributed by atoms with E-state index < -0.39 is 5.54 Å². The number of carbonyl (C=O) groups excluding carboxylic acids is 2. The largest absolute Gasteiger partial charge is 0.464 e. The number of aryl methyl sites for hydroxylation is 1. The van der Waals surface area contributed by atoms with E-state index in [1.54, 1.807) is 4.90 Å². The zero-order valence-electron chi connectivity index (χ0n) is 12.1. The van der Waals surface area contributed by atoms with Crippen LogP contribution in [-0.4, -0.2) is 28.8 Å². The number of furan rings is 1. The van der Waals surface area contributed by atoms with Gasteiger partial charge in [0.05, 0.1) is 6.04 Å². The second kappa shape index (κ2) is 4.36. The summed E-state index contributed by atoms with van der Waals surface area (Å²) in [6.07, 6.45) is 2.01. The molecule has 2 atom stereocenters. The molecule has 0 bridgehead atoms. The lowest BCUT2D eigenvalue weighted by Gasteiger charge is -2.42. The van der Waals surface area contributed by atoms with Gasteiger partial charge in [0.2, 0.25) is 11.8 Å². The first-order chi connectivity index (χ1) is 9.41. The van der Waals surface area contributed by atoms with Gasteiger partial charge in [-0.25, -0.2) is 0 Å². The Hall–Kier alpha value is -1.78. The second-order valence-electron chi connectivity index (χ2n) is 6.08. The molecule has 1 saturated heterocycles. The van der Waals surface area contributed by atoms with Crippen LogP contribution in [0.1, 0.15) is 44.3 Å². The van der Waals surface area contributed by atoms with Crippen LogP contribution in [0, 0.1) is 12.8 Å². The number of piperazine rings is 1. The van der Waals surface area contributed by atoms with E-state index >= 15 is 0 Å². The van der Waals surface area contributed by atoms with Crippen LogP contribution in [0.4, 0.5) is 0 Å². The number of carbonyl (C=O) groups is 2. The SMILES string of the molecule is Cc1ccc(C(C)N2CC(=O)NC(C)(C3CC3)C2=O)o1. The van der Waals surface area contributed by atoms with Gasteiger partial charge in [0, 0.05) is 0 Å². The van der Waals surface area contributed by atoms with Crippen molar-refractivity contribution in [3.05, 3.63) is 23.7 Å². The lowest BCUT2D eigenvalue weighted by atomic mass is 9.90. The number of hydrogen-bond acceptors (Lipinski definition) is 3. The van der Waals surface area contributed by atoms with E-state index in [0.29, 0.717) is 0 Å².